The van der Waals surface area contributed by atoms with Gasteiger partial charge in [-0.05, 0) is 0 Å². The van der Waals surface area contributed by atoms with E-state index in [9.17, 15) is 0 Å². The molecule has 0 aliphatic rings. The molecule has 0 fully saturated rings. The first-order chi connectivity index (χ1) is 9.20. The molecule has 0 atom stereocenters. The third-order valence-electron chi connectivity index (χ3n) is 0. The summed E-state index contributed by atoms with van der Waals surface area (Å²) in [6.07, 6.45) is 0. The van der Waals surface area contributed by atoms with Gasteiger partial charge in [-0.25, -0.2) is 14.4 Å². The number of urea groups is 3. The van der Waals surface area contributed by atoms with Crippen LogP contribution in [0.3, 0.4) is 0 Å². The zero-order valence-corrected chi connectivity index (χ0v) is 18.5. The molecule has 0 bridgehead atoms. The molecule has 0 rings (SSSR count). The number of primary amides is 6. The summed E-state index contributed by atoms with van der Waals surface area (Å²) in [5, 5.41) is 0. The minimum Gasteiger partial charge on any atom is -0.822 e. The Labute approximate surface area is 189 Å². The molecule has 136 valence electrons. The fourth-order valence-electron chi connectivity index (χ4n) is 0. The van der Waals surface area contributed by atoms with Gasteiger partial charge in [0, 0.05) is 0 Å². The molecule has 0 saturated carbocycles. The van der Waals surface area contributed by atoms with Crippen molar-refractivity contribution >= 4 is 103 Å². The van der Waals surface area contributed by atoms with E-state index in [1.807, 2.05) is 0 Å². The van der Waals surface area contributed by atoms with Gasteiger partial charge in [0.15, 0.2) is 0 Å². The molecule has 0 heterocycles. The van der Waals surface area contributed by atoms with Crippen LogP contribution in [0.15, 0.2) is 0 Å². The standard InChI is InChI=1S/3CH4N2O.3Mg.2H3O4P/c3*2-1(3)4;;;;2*1-5(2,3)4/h3*(H4,2,3,4);;;;2*(H3,1,2,3,4)/q;;;3*+2;;/p-6. The van der Waals surface area contributed by atoms with Crippen LogP contribution in [0.2, 0.25) is 0 Å². The average Bonchev–Trinajstić information content (AvgIpc) is 1.88. The maximum atomic E-state index is 9.00. The Morgan fingerprint density at radius 3 is 0.480 bits per heavy atom. The molecule has 25 heavy (non-hydrogen) atoms. The van der Waals surface area contributed by atoms with E-state index in [1.165, 1.54) is 0 Å². The van der Waals surface area contributed by atoms with E-state index in [1.54, 1.807) is 0 Å². The molecule has 0 aromatic heterocycles. The van der Waals surface area contributed by atoms with Crippen LogP contribution in [0.5, 0.6) is 0 Å². The van der Waals surface area contributed by atoms with Crippen LogP contribution >= 0.6 is 15.6 Å². The third kappa shape index (κ3) is 112000. The molecule has 12 N–H and O–H groups in total. The number of rotatable bonds is 0. The molecule has 0 aromatic carbocycles. The minimum absolute atomic E-state index is 0. The van der Waals surface area contributed by atoms with E-state index in [0.717, 1.165) is 0 Å². The predicted octanol–water partition coefficient (Wildman–Crippen LogP) is -9.72. The Morgan fingerprint density at radius 1 is 0.480 bits per heavy atom. The van der Waals surface area contributed by atoms with Gasteiger partial charge in [-0.15, -0.1) is 0 Å². The van der Waals surface area contributed by atoms with Crippen molar-refractivity contribution in [2.75, 3.05) is 0 Å². The fourth-order valence-corrected chi connectivity index (χ4v) is 0. The smallest absolute Gasteiger partial charge is 0.822 e. The van der Waals surface area contributed by atoms with Crippen molar-refractivity contribution in [1.29, 1.82) is 0 Å². The quantitative estimate of drug-likeness (QED) is 0.151. The Bertz CT molecular complexity index is 337. The maximum Gasteiger partial charge on any atom is 2.00 e. The van der Waals surface area contributed by atoms with Gasteiger partial charge in [0.25, 0.3) is 0 Å². The van der Waals surface area contributed by atoms with Gasteiger partial charge < -0.3 is 72.9 Å². The third-order valence-corrected chi connectivity index (χ3v) is 0. The molecule has 0 aliphatic carbocycles. The van der Waals surface area contributed by atoms with Crippen molar-refractivity contribution in [2.24, 2.45) is 34.4 Å². The molecule has 22 heteroatoms. The molecule has 0 unspecified atom stereocenters. The Kier molecular flexibility index (Phi) is 58.1. The summed E-state index contributed by atoms with van der Waals surface area (Å²) in [6, 6.07) is -2.50. The predicted molar refractivity (Wildman–Crippen MR) is 73.8 cm³/mol. The summed E-state index contributed by atoms with van der Waals surface area (Å²) in [4.78, 5) is 78.3. The van der Waals surface area contributed by atoms with Crippen molar-refractivity contribution < 1.29 is 52.9 Å². The van der Waals surface area contributed by atoms with E-state index in [2.05, 4.69) is 34.4 Å². The summed E-state index contributed by atoms with van der Waals surface area (Å²) in [5.74, 6) is 0. The van der Waals surface area contributed by atoms with E-state index >= 15 is 0 Å². The van der Waals surface area contributed by atoms with Crippen molar-refractivity contribution in [3.05, 3.63) is 0 Å². The summed E-state index contributed by atoms with van der Waals surface area (Å²) < 4.78 is 17.1. The van der Waals surface area contributed by atoms with Gasteiger partial charge >= 0.3 is 87.3 Å². The number of hydrogen-bond donors (Lipinski definition) is 6. The maximum absolute atomic E-state index is 9.00. The second-order valence-electron chi connectivity index (χ2n) is 2.10. The van der Waals surface area contributed by atoms with Crippen molar-refractivity contribution in [1.82, 2.24) is 0 Å². The minimum atomic E-state index is -5.39. The van der Waals surface area contributed by atoms with Crippen LogP contribution in [0, 0.1) is 0 Å². The van der Waals surface area contributed by atoms with E-state index in [4.69, 9.17) is 52.9 Å². The van der Waals surface area contributed by atoms with Gasteiger partial charge in [-0.1, -0.05) is 0 Å². The van der Waals surface area contributed by atoms with Gasteiger partial charge in [0.2, 0.25) is 0 Å². The second-order valence-corrected chi connectivity index (χ2v) is 3.89. The van der Waals surface area contributed by atoms with Crippen molar-refractivity contribution in [2.45, 2.75) is 0 Å². The summed E-state index contributed by atoms with van der Waals surface area (Å²) in [6.45, 7) is 0. The average molecular weight is 443 g/mol. The Hall–Kier alpha value is 0.329. The Morgan fingerprint density at radius 2 is 0.480 bits per heavy atom. The van der Waals surface area contributed by atoms with Crippen LogP contribution in [-0.2, 0) is 9.13 Å². The number of phosphoric acid groups is 2. The van der Waals surface area contributed by atoms with Crippen LogP contribution in [0.4, 0.5) is 14.4 Å². The summed E-state index contributed by atoms with van der Waals surface area (Å²) in [7, 11) is -10.8. The monoisotopic (exact) mass is 442 g/mol. The second kappa shape index (κ2) is 29.1. The van der Waals surface area contributed by atoms with E-state index in [-0.39, 0.29) is 69.2 Å². The molecular formula is C3H12Mg3N6O11P2. The molecule has 0 aromatic rings. The number of amides is 6. The first-order valence-electron chi connectivity index (χ1n) is 3.81. The number of hydrogen-bond acceptors (Lipinski definition) is 11. The number of carbonyl (C=O) groups excluding carboxylic acids is 3. The van der Waals surface area contributed by atoms with E-state index in [0.29, 0.717) is 0 Å². The van der Waals surface area contributed by atoms with Crippen molar-refractivity contribution in [3.63, 3.8) is 0 Å². The molecule has 0 spiro atoms. The number of nitrogens with two attached hydrogens (primary N) is 6. The van der Waals surface area contributed by atoms with Crippen LogP contribution in [-0.4, -0.2) is 87.3 Å². The van der Waals surface area contributed by atoms with Gasteiger partial charge in [0.1, 0.15) is 0 Å². The molecule has 6 amide bonds. The molecule has 0 aliphatic heterocycles. The normalized spacial score (nSPS) is 7.60. The molecular weight excluding hydrogens is 431 g/mol. The molecule has 0 saturated heterocycles. The number of carbonyl (C=O) groups is 3. The molecule has 17 nitrogen and oxygen atoms in total. The topological polar surface area (TPSA) is 380 Å². The summed E-state index contributed by atoms with van der Waals surface area (Å²) >= 11 is 0. The van der Waals surface area contributed by atoms with Gasteiger partial charge in [-0.2, -0.15) is 15.6 Å². The molecule has 0 radical (unpaired) electrons. The van der Waals surface area contributed by atoms with Crippen LogP contribution < -0.4 is 63.8 Å². The first-order valence-corrected chi connectivity index (χ1v) is 6.73. The van der Waals surface area contributed by atoms with Gasteiger partial charge in [0.05, 0.1) is 0 Å². The van der Waals surface area contributed by atoms with Crippen molar-refractivity contribution in [3.8, 4) is 0 Å². The largest absolute Gasteiger partial charge is 2.00 e. The zero-order chi connectivity index (χ0) is 19.7. The van der Waals surface area contributed by atoms with E-state index < -0.39 is 33.7 Å². The first kappa shape index (κ1) is 49.9. The van der Waals surface area contributed by atoms with Gasteiger partial charge in [-0.3, -0.25) is 0 Å². The summed E-state index contributed by atoms with van der Waals surface area (Å²) in [5.41, 5.74) is 25.5. The Balaban J connectivity index is -0.0000000235. The zero-order valence-electron chi connectivity index (χ0n) is 12.5. The van der Waals surface area contributed by atoms with Crippen LogP contribution in [0.25, 0.3) is 0 Å². The van der Waals surface area contributed by atoms with Crippen LogP contribution in [0.1, 0.15) is 0 Å². The fraction of sp³-hybridized carbons (Fsp3) is 0. The SMILES string of the molecule is NC(N)=O.NC(N)=O.NC(N)=O.O=P([O-])([O-])[O-].O=P([O-])([O-])[O-].[Mg+2].[Mg+2].[Mg+2].